The molecule has 0 unspecified atom stereocenters. The maximum Gasteiger partial charge on any atom is 0.243 e. The average molecular weight is 327 g/mol. The van der Waals surface area contributed by atoms with Crippen LogP contribution in [0.5, 0.6) is 0 Å². The fraction of sp³-hybridized carbons (Fsp3) is 0.214. The molecule has 2 rings (SSSR count). The van der Waals surface area contributed by atoms with E-state index in [9.17, 15) is 13.5 Å². The van der Waals surface area contributed by atoms with E-state index in [1.807, 2.05) is 30.3 Å². The molecule has 1 heterocycles. The number of aliphatic hydroxyl groups is 1. The molecule has 0 aliphatic heterocycles. The Balaban J connectivity index is 2.16. The van der Waals surface area contributed by atoms with Crippen molar-refractivity contribution in [2.24, 2.45) is 0 Å². The molecule has 0 aliphatic rings. The van der Waals surface area contributed by atoms with Gasteiger partial charge < -0.3 is 5.11 Å². The van der Waals surface area contributed by atoms with Crippen LogP contribution in [-0.2, 0) is 16.4 Å². The molecule has 21 heavy (non-hydrogen) atoms. The van der Waals surface area contributed by atoms with E-state index < -0.39 is 16.1 Å². The van der Waals surface area contributed by atoms with Crippen LogP contribution in [0.3, 0.4) is 0 Å². The first kappa shape index (κ1) is 15.9. The van der Waals surface area contributed by atoms with Gasteiger partial charge in [0.1, 0.15) is 10.0 Å². The van der Waals surface area contributed by atoms with Crippen LogP contribution in [0.2, 0.25) is 5.15 Å². The van der Waals surface area contributed by atoms with E-state index in [-0.39, 0.29) is 16.7 Å². The highest BCUT2D eigenvalue weighted by molar-refractivity contribution is 7.89. The lowest BCUT2D eigenvalue weighted by Crippen LogP contribution is -2.39. The van der Waals surface area contributed by atoms with Crippen molar-refractivity contribution in [3.8, 4) is 0 Å². The van der Waals surface area contributed by atoms with Crippen LogP contribution in [0.1, 0.15) is 5.56 Å². The zero-order valence-electron chi connectivity index (χ0n) is 11.1. The quantitative estimate of drug-likeness (QED) is 0.791. The number of halogens is 1. The molecule has 112 valence electrons. The second kappa shape index (κ2) is 7.00. The molecule has 0 saturated heterocycles. The Labute approximate surface area is 128 Å². The Morgan fingerprint density at radius 1 is 1.19 bits per heavy atom. The molecule has 0 bridgehead atoms. The molecule has 0 amide bonds. The van der Waals surface area contributed by atoms with Crippen LogP contribution in [-0.4, -0.2) is 31.2 Å². The molecule has 0 radical (unpaired) electrons. The van der Waals surface area contributed by atoms with Gasteiger partial charge in [-0.05, 0) is 24.1 Å². The van der Waals surface area contributed by atoms with Crippen molar-refractivity contribution in [1.82, 2.24) is 9.71 Å². The summed E-state index contributed by atoms with van der Waals surface area (Å²) in [5.74, 6) is 0. The van der Waals surface area contributed by atoms with Crippen molar-refractivity contribution < 1.29 is 13.5 Å². The summed E-state index contributed by atoms with van der Waals surface area (Å²) < 4.78 is 27.0. The monoisotopic (exact) mass is 326 g/mol. The van der Waals surface area contributed by atoms with Gasteiger partial charge in [-0.3, -0.25) is 0 Å². The van der Waals surface area contributed by atoms with Crippen molar-refractivity contribution in [1.29, 1.82) is 0 Å². The van der Waals surface area contributed by atoms with E-state index in [0.29, 0.717) is 6.42 Å². The van der Waals surface area contributed by atoms with Crippen molar-refractivity contribution >= 4 is 21.6 Å². The number of rotatable bonds is 6. The van der Waals surface area contributed by atoms with E-state index in [1.165, 1.54) is 18.3 Å². The van der Waals surface area contributed by atoms with Gasteiger partial charge in [0.05, 0.1) is 6.61 Å². The zero-order valence-corrected chi connectivity index (χ0v) is 12.7. The second-order valence-electron chi connectivity index (χ2n) is 4.48. The van der Waals surface area contributed by atoms with E-state index in [1.54, 1.807) is 0 Å². The number of nitrogens with one attached hydrogen (secondary N) is 1. The maximum absolute atomic E-state index is 12.3. The molecule has 5 nitrogen and oxygen atoms in total. The molecule has 0 saturated carbocycles. The summed E-state index contributed by atoms with van der Waals surface area (Å²) in [4.78, 5) is 3.65. The average Bonchev–Trinajstić information content (AvgIpc) is 2.47. The lowest BCUT2D eigenvalue weighted by molar-refractivity contribution is 0.256. The number of hydrogen-bond donors (Lipinski definition) is 2. The Bertz CT molecular complexity index is 692. The third-order valence-electron chi connectivity index (χ3n) is 2.88. The van der Waals surface area contributed by atoms with Crippen LogP contribution in [0.15, 0.2) is 53.6 Å². The summed E-state index contributed by atoms with van der Waals surface area (Å²) in [6.07, 6.45) is 1.79. The number of aliphatic hydroxyl groups excluding tert-OH is 1. The summed E-state index contributed by atoms with van der Waals surface area (Å²) in [6, 6.07) is 11.6. The van der Waals surface area contributed by atoms with Crippen molar-refractivity contribution in [2.45, 2.75) is 17.4 Å². The van der Waals surface area contributed by atoms with Crippen LogP contribution in [0.25, 0.3) is 0 Å². The molecular weight excluding hydrogens is 312 g/mol. The molecule has 0 fully saturated rings. The number of nitrogens with zero attached hydrogens (tertiary/aromatic N) is 1. The number of benzene rings is 1. The molecule has 1 aromatic heterocycles. The fourth-order valence-corrected chi connectivity index (χ4v) is 3.58. The van der Waals surface area contributed by atoms with Crippen molar-refractivity contribution in [3.05, 3.63) is 59.4 Å². The van der Waals surface area contributed by atoms with Gasteiger partial charge in [-0.25, -0.2) is 18.1 Å². The minimum absolute atomic E-state index is 0.0959. The highest BCUT2D eigenvalue weighted by atomic mass is 35.5. The summed E-state index contributed by atoms with van der Waals surface area (Å²) in [7, 11) is -3.83. The molecule has 0 spiro atoms. The molecule has 1 atom stereocenters. The smallest absolute Gasteiger partial charge is 0.243 e. The minimum Gasteiger partial charge on any atom is -0.395 e. The molecule has 2 N–H and O–H groups in total. The first-order chi connectivity index (χ1) is 10.0. The number of sulfonamides is 1. The molecule has 7 heteroatoms. The van der Waals surface area contributed by atoms with E-state index in [2.05, 4.69) is 9.71 Å². The van der Waals surface area contributed by atoms with Crippen molar-refractivity contribution in [2.75, 3.05) is 6.61 Å². The second-order valence-corrected chi connectivity index (χ2v) is 6.52. The first-order valence-electron chi connectivity index (χ1n) is 6.30. The van der Waals surface area contributed by atoms with Gasteiger partial charge in [0.25, 0.3) is 0 Å². The van der Waals surface area contributed by atoms with Gasteiger partial charge in [-0.15, -0.1) is 0 Å². The lowest BCUT2D eigenvalue weighted by atomic mass is 10.1. The Kier molecular flexibility index (Phi) is 5.30. The topological polar surface area (TPSA) is 79.3 Å². The zero-order chi connectivity index (χ0) is 15.3. The van der Waals surface area contributed by atoms with Crippen molar-refractivity contribution in [3.63, 3.8) is 0 Å². The van der Waals surface area contributed by atoms with Gasteiger partial charge in [0.2, 0.25) is 10.0 Å². The summed E-state index contributed by atoms with van der Waals surface area (Å²) in [5.41, 5.74) is 0.927. The Hall–Kier alpha value is -1.47. The number of hydrogen-bond acceptors (Lipinski definition) is 4. The van der Waals surface area contributed by atoms with Crippen LogP contribution in [0.4, 0.5) is 0 Å². The summed E-state index contributed by atoms with van der Waals surface area (Å²) in [5, 5.41) is 9.30. The molecule has 1 aromatic carbocycles. The van der Waals surface area contributed by atoms with Gasteiger partial charge in [-0.2, -0.15) is 0 Å². The SMILES string of the molecule is O=S(=O)(N[C@@H](CO)Cc1ccccc1)c1cccnc1Cl. The van der Waals surface area contributed by atoms with Gasteiger partial charge >= 0.3 is 0 Å². The van der Waals surface area contributed by atoms with Gasteiger partial charge in [0.15, 0.2) is 0 Å². The summed E-state index contributed by atoms with van der Waals surface area (Å²) in [6.45, 7) is -0.313. The van der Waals surface area contributed by atoms with Gasteiger partial charge in [0, 0.05) is 12.2 Å². The third-order valence-corrected chi connectivity index (χ3v) is 4.85. The van der Waals surface area contributed by atoms with Crippen LogP contribution >= 0.6 is 11.6 Å². The maximum atomic E-state index is 12.3. The van der Waals surface area contributed by atoms with E-state index in [4.69, 9.17) is 11.6 Å². The first-order valence-corrected chi connectivity index (χ1v) is 8.16. The lowest BCUT2D eigenvalue weighted by Gasteiger charge is -2.16. The number of aromatic nitrogens is 1. The molecule has 2 aromatic rings. The highest BCUT2D eigenvalue weighted by Crippen LogP contribution is 2.18. The molecule has 0 aliphatic carbocycles. The minimum atomic E-state index is -3.83. The highest BCUT2D eigenvalue weighted by Gasteiger charge is 2.22. The predicted molar refractivity (Wildman–Crippen MR) is 80.6 cm³/mol. The van der Waals surface area contributed by atoms with E-state index in [0.717, 1.165) is 5.56 Å². The Morgan fingerprint density at radius 2 is 1.90 bits per heavy atom. The standard InChI is InChI=1S/C14H15ClN2O3S/c15-14-13(7-4-8-16-14)21(19,20)17-12(10-18)9-11-5-2-1-3-6-11/h1-8,12,17-18H,9-10H2/t12-/m1/s1. The fourth-order valence-electron chi connectivity index (χ4n) is 1.90. The Morgan fingerprint density at radius 3 is 2.52 bits per heavy atom. The third kappa shape index (κ3) is 4.25. The number of pyridine rings is 1. The van der Waals surface area contributed by atoms with Crippen LogP contribution < -0.4 is 4.72 Å². The summed E-state index contributed by atoms with van der Waals surface area (Å²) >= 11 is 5.80. The predicted octanol–water partition coefficient (Wildman–Crippen LogP) is 1.62. The van der Waals surface area contributed by atoms with Crippen LogP contribution in [0, 0.1) is 0 Å². The van der Waals surface area contributed by atoms with E-state index >= 15 is 0 Å². The largest absolute Gasteiger partial charge is 0.395 e. The molecular formula is C14H15ClN2O3S. The normalized spacial score (nSPS) is 13.0. The van der Waals surface area contributed by atoms with Gasteiger partial charge in [-0.1, -0.05) is 41.9 Å².